The zero-order chi connectivity index (χ0) is 14.5. The molecule has 1 aliphatic rings. The van der Waals surface area contributed by atoms with Gasteiger partial charge in [0.25, 0.3) is 11.5 Å². The van der Waals surface area contributed by atoms with E-state index in [1.165, 1.54) is 0 Å². The summed E-state index contributed by atoms with van der Waals surface area (Å²) in [6, 6.07) is 0. The van der Waals surface area contributed by atoms with E-state index in [0.29, 0.717) is 0 Å². The Hall–Kier alpha value is -2.04. The van der Waals surface area contributed by atoms with Crippen LogP contribution in [0.25, 0.3) is 11.2 Å². The van der Waals surface area contributed by atoms with E-state index in [9.17, 15) is 14.3 Å². The number of nitrogens with two attached hydrogens (primary N) is 1. The Morgan fingerprint density at radius 3 is 3.10 bits per heavy atom. The number of nitrogens with zero attached hydrogens (tertiary/aromatic N) is 3. The Morgan fingerprint density at radius 2 is 2.45 bits per heavy atom. The third-order valence-corrected chi connectivity index (χ3v) is 3.19. The van der Waals surface area contributed by atoms with Crippen LogP contribution in [-0.2, 0) is 10.7 Å². The van der Waals surface area contributed by atoms with E-state index in [0.717, 1.165) is 10.9 Å². The molecule has 5 N–H and O–H groups in total. The molecule has 0 amide bonds. The van der Waals surface area contributed by atoms with E-state index in [2.05, 4.69) is 15.0 Å². The summed E-state index contributed by atoms with van der Waals surface area (Å²) < 4.78 is 20.7. The number of anilines is 1. The predicted molar refractivity (Wildman–Crippen MR) is 64.2 cm³/mol. The molecule has 1 aliphatic heterocycles. The van der Waals surface area contributed by atoms with Crippen molar-refractivity contribution >= 4 is 17.1 Å². The number of imidazole rings is 1. The molecule has 0 radical (unpaired) electrons. The Bertz CT molecular complexity index is 715. The number of halogens is 1. The van der Waals surface area contributed by atoms with Crippen LogP contribution < -0.4 is 11.3 Å². The predicted octanol–water partition coefficient (Wildman–Crippen LogP) is -1.58. The maximum Gasteiger partial charge on any atom is 0.298 e. The minimum atomic E-state index is -2.45. The van der Waals surface area contributed by atoms with Gasteiger partial charge in [0.05, 0.1) is 19.1 Å². The van der Waals surface area contributed by atoms with E-state index in [4.69, 9.17) is 15.6 Å². The van der Waals surface area contributed by atoms with Crippen LogP contribution in [0.4, 0.5) is 10.3 Å². The molecule has 1 fully saturated rings. The van der Waals surface area contributed by atoms with Crippen LogP contribution in [0.2, 0.25) is 0 Å². The van der Waals surface area contributed by atoms with Crippen molar-refractivity contribution in [3.63, 3.8) is 0 Å². The van der Waals surface area contributed by atoms with Crippen LogP contribution in [0.1, 0.15) is 6.42 Å². The first-order chi connectivity index (χ1) is 9.44. The summed E-state index contributed by atoms with van der Waals surface area (Å²) in [7, 11) is 0. The van der Waals surface area contributed by atoms with Crippen molar-refractivity contribution in [1.82, 2.24) is 19.5 Å². The largest absolute Gasteiger partial charge is 0.394 e. The Labute approximate surface area is 110 Å². The Morgan fingerprint density at radius 1 is 1.70 bits per heavy atom. The number of nitrogens with one attached hydrogen (secondary N) is 1. The first kappa shape index (κ1) is 13.0. The van der Waals surface area contributed by atoms with Gasteiger partial charge >= 0.3 is 0 Å². The molecule has 1 saturated heterocycles. The lowest BCUT2D eigenvalue weighted by molar-refractivity contribution is -0.200. The number of ether oxygens (including phenoxy) is 1. The molecular weight excluding hydrogens is 273 g/mol. The number of rotatable bonds is 2. The standard InChI is InChI=1S/C10H12FN5O4/c11-10(1-4(18)5(2-17)20-10)16-3-13-6-7(16)14-9(12)15-8(6)19/h3-5,17-18H,1-2H2,(H3,12,14,15,19)/t4-,5+,10-/m0/s1. The number of alkyl halides is 1. The van der Waals surface area contributed by atoms with E-state index < -0.39 is 36.8 Å². The van der Waals surface area contributed by atoms with Gasteiger partial charge in [-0.3, -0.25) is 14.3 Å². The number of nitrogen functional groups attached to an aromatic ring is 1. The summed E-state index contributed by atoms with van der Waals surface area (Å²) in [5, 5.41) is 18.6. The fraction of sp³-hybridized carbons (Fsp3) is 0.500. The summed E-state index contributed by atoms with van der Waals surface area (Å²) in [5.74, 6) is -2.64. The van der Waals surface area contributed by atoms with E-state index in [1.807, 2.05) is 0 Å². The van der Waals surface area contributed by atoms with Gasteiger partial charge in [-0.15, -0.1) is 0 Å². The molecule has 0 spiro atoms. The van der Waals surface area contributed by atoms with Gasteiger partial charge in [0.15, 0.2) is 11.2 Å². The smallest absolute Gasteiger partial charge is 0.298 e. The molecule has 3 heterocycles. The van der Waals surface area contributed by atoms with E-state index in [-0.39, 0.29) is 17.1 Å². The second-order valence-electron chi connectivity index (χ2n) is 4.54. The average Bonchev–Trinajstić information content (AvgIpc) is 2.91. The fourth-order valence-electron chi connectivity index (χ4n) is 2.23. The SMILES string of the molecule is Nc1nc2c(ncn2[C@@]2(F)C[C@H](O)[C@@H](CO)O2)c(=O)[nH]1. The highest BCUT2D eigenvalue weighted by molar-refractivity contribution is 5.70. The summed E-state index contributed by atoms with van der Waals surface area (Å²) in [4.78, 5) is 21.4. The number of aliphatic hydroxyl groups is 2. The fourth-order valence-corrected chi connectivity index (χ4v) is 2.23. The summed E-state index contributed by atoms with van der Waals surface area (Å²) in [5.41, 5.74) is 4.62. The topological polar surface area (TPSA) is 139 Å². The van der Waals surface area contributed by atoms with Gasteiger partial charge in [-0.1, -0.05) is 0 Å². The van der Waals surface area contributed by atoms with Crippen molar-refractivity contribution in [2.75, 3.05) is 12.3 Å². The second kappa shape index (κ2) is 4.23. The number of H-pyrrole nitrogens is 1. The maximum absolute atomic E-state index is 14.8. The number of fused-ring (bicyclic) bond motifs is 1. The zero-order valence-corrected chi connectivity index (χ0v) is 10.2. The molecule has 3 atom stereocenters. The molecule has 9 nitrogen and oxygen atoms in total. The van der Waals surface area contributed by atoms with E-state index in [1.54, 1.807) is 0 Å². The van der Waals surface area contributed by atoms with Crippen LogP contribution >= 0.6 is 0 Å². The molecule has 0 unspecified atom stereocenters. The van der Waals surface area contributed by atoms with Crippen LogP contribution in [0.3, 0.4) is 0 Å². The molecule has 20 heavy (non-hydrogen) atoms. The van der Waals surface area contributed by atoms with Gasteiger partial charge in [0, 0.05) is 0 Å². The van der Waals surface area contributed by atoms with Crippen LogP contribution in [0, 0.1) is 0 Å². The lowest BCUT2D eigenvalue weighted by Gasteiger charge is -2.21. The summed E-state index contributed by atoms with van der Waals surface area (Å²) in [6.07, 6.45) is -1.62. The molecule has 108 valence electrons. The van der Waals surface area contributed by atoms with Crippen molar-refractivity contribution in [2.45, 2.75) is 24.6 Å². The molecule has 2 aromatic rings. The summed E-state index contributed by atoms with van der Waals surface area (Å²) >= 11 is 0. The number of aliphatic hydroxyl groups excluding tert-OH is 2. The van der Waals surface area contributed by atoms with Crippen molar-refractivity contribution in [2.24, 2.45) is 0 Å². The van der Waals surface area contributed by atoms with Crippen molar-refractivity contribution in [1.29, 1.82) is 0 Å². The molecule has 3 rings (SSSR count). The molecule has 10 heteroatoms. The van der Waals surface area contributed by atoms with Crippen molar-refractivity contribution < 1.29 is 19.3 Å². The van der Waals surface area contributed by atoms with Gasteiger partial charge in [0.1, 0.15) is 12.4 Å². The monoisotopic (exact) mass is 285 g/mol. The van der Waals surface area contributed by atoms with Crippen LogP contribution in [0.15, 0.2) is 11.1 Å². The number of aromatic nitrogens is 4. The first-order valence-electron chi connectivity index (χ1n) is 5.83. The number of aromatic amines is 1. The third kappa shape index (κ3) is 1.77. The molecule has 2 aromatic heterocycles. The maximum atomic E-state index is 14.8. The summed E-state index contributed by atoms with van der Waals surface area (Å²) in [6.45, 7) is -0.532. The highest BCUT2D eigenvalue weighted by Crippen LogP contribution is 2.37. The third-order valence-electron chi connectivity index (χ3n) is 3.19. The molecule has 0 bridgehead atoms. The van der Waals surface area contributed by atoms with Crippen molar-refractivity contribution in [3.8, 4) is 0 Å². The molecular formula is C10H12FN5O4. The van der Waals surface area contributed by atoms with Gasteiger partial charge in [-0.2, -0.15) is 9.37 Å². The average molecular weight is 285 g/mol. The highest BCUT2D eigenvalue weighted by atomic mass is 19.2. The van der Waals surface area contributed by atoms with Crippen LogP contribution in [0.5, 0.6) is 0 Å². The Kier molecular flexibility index (Phi) is 2.74. The molecule has 0 saturated carbocycles. The lowest BCUT2D eigenvalue weighted by Crippen LogP contribution is -2.29. The lowest BCUT2D eigenvalue weighted by atomic mass is 10.2. The minimum Gasteiger partial charge on any atom is -0.394 e. The van der Waals surface area contributed by atoms with Gasteiger partial charge in [-0.25, -0.2) is 4.98 Å². The molecule has 0 aromatic carbocycles. The van der Waals surface area contributed by atoms with Gasteiger partial charge < -0.3 is 20.7 Å². The Balaban J connectivity index is 2.14. The van der Waals surface area contributed by atoms with Crippen LogP contribution in [-0.4, -0.2) is 48.5 Å². The minimum absolute atomic E-state index is 0.0956. The number of hydrogen-bond donors (Lipinski definition) is 4. The zero-order valence-electron chi connectivity index (χ0n) is 10.2. The second-order valence-corrected chi connectivity index (χ2v) is 4.54. The highest BCUT2D eigenvalue weighted by Gasteiger charge is 2.49. The molecule has 0 aliphatic carbocycles. The quantitative estimate of drug-likeness (QED) is 0.522. The number of hydrogen-bond acceptors (Lipinski definition) is 7. The normalized spacial score (nSPS) is 30.1. The van der Waals surface area contributed by atoms with Crippen molar-refractivity contribution in [3.05, 3.63) is 16.7 Å². The van der Waals surface area contributed by atoms with Gasteiger partial charge in [0.2, 0.25) is 5.95 Å². The first-order valence-corrected chi connectivity index (χ1v) is 5.83. The van der Waals surface area contributed by atoms with Gasteiger partial charge in [-0.05, 0) is 0 Å². The van der Waals surface area contributed by atoms with E-state index >= 15 is 0 Å².